The molecular formula is C14H16O3. The summed E-state index contributed by atoms with van der Waals surface area (Å²) in [5, 5.41) is 0. The van der Waals surface area contributed by atoms with E-state index in [1.807, 2.05) is 39.0 Å². The van der Waals surface area contributed by atoms with Crippen molar-refractivity contribution in [2.45, 2.75) is 20.8 Å². The second kappa shape index (κ2) is 4.24. The number of allylic oxidation sites excluding steroid dienone is 1. The Labute approximate surface area is 101 Å². The van der Waals surface area contributed by atoms with Gasteiger partial charge in [-0.1, -0.05) is 32.9 Å². The highest BCUT2D eigenvalue weighted by Crippen LogP contribution is 2.32. The maximum atomic E-state index is 11.7. The van der Waals surface area contributed by atoms with Gasteiger partial charge < -0.3 is 9.47 Å². The summed E-state index contributed by atoms with van der Waals surface area (Å²) in [6, 6.07) is 5.62. The molecule has 1 aromatic carbocycles. The van der Waals surface area contributed by atoms with E-state index in [1.54, 1.807) is 12.2 Å². The van der Waals surface area contributed by atoms with Crippen molar-refractivity contribution in [1.82, 2.24) is 0 Å². The van der Waals surface area contributed by atoms with Crippen molar-refractivity contribution in [3.8, 4) is 11.5 Å². The van der Waals surface area contributed by atoms with Gasteiger partial charge in [0.25, 0.3) is 0 Å². The monoisotopic (exact) mass is 232 g/mol. The lowest BCUT2D eigenvalue weighted by Crippen LogP contribution is -2.17. The first-order chi connectivity index (χ1) is 7.97. The van der Waals surface area contributed by atoms with E-state index in [2.05, 4.69) is 0 Å². The van der Waals surface area contributed by atoms with Crippen molar-refractivity contribution in [2.75, 3.05) is 6.79 Å². The van der Waals surface area contributed by atoms with Crippen molar-refractivity contribution >= 4 is 11.9 Å². The minimum atomic E-state index is -0.340. The van der Waals surface area contributed by atoms with E-state index in [0.717, 1.165) is 17.1 Å². The fourth-order valence-corrected chi connectivity index (χ4v) is 1.44. The number of hydrogen-bond donors (Lipinski definition) is 0. The van der Waals surface area contributed by atoms with Gasteiger partial charge in [0.1, 0.15) is 0 Å². The summed E-state index contributed by atoms with van der Waals surface area (Å²) in [5.74, 6) is 1.59. The van der Waals surface area contributed by atoms with E-state index in [-0.39, 0.29) is 18.0 Å². The largest absolute Gasteiger partial charge is 0.454 e. The highest BCUT2D eigenvalue weighted by Gasteiger charge is 2.18. The summed E-state index contributed by atoms with van der Waals surface area (Å²) in [6.07, 6.45) is 3.41. The molecule has 1 heterocycles. The van der Waals surface area contributed by atoms with Crippen LogP contribution in [0.5, 0.6) is 11.5 Å². The molecule has 0 aliphatic carbocycles. The van der Waals surface area contributed by atoms with E-state index in [0.29, 0.717) is 0 Å². The molecule has 0 amide bonds. The van der Waals surface area contributed by atoms with Gasteiger partial charge in [0.15, 0.2) is 17.3 Å². The Hall–Kier alpha value is -1.77. The number of benzene rings is 1. The van der Waals surface area contributed by atoms with Gasteiger partial charge in [-0.05, 0) is 23.8 Å². The summed E-state index contributed by atoms with van der Waals surface area (Å²) in [6.45, 7) is 5.97. The normalized spacial score (nSPS) is 14.3. The van der Waals surface area contributed by atoms with E-state index >= 15 is 0 Å². The standard InChI is InChI=1S/C14H16O3/c1-14(2,3)13(15)7-5-10-4-6-11-12(8-10)17-9-16-11/h4-8H,9H2,1-3H3/b7-5+. The third-order valence-corrected chi connectivity index (χ3v) is 2.56. The van der Waals surface area contributed by atoms with Gasteiger partial charge in [-0.3, -0.25) is 4.79 Å². The molecule has 90 valence electrons. The fourth-order valence-electron chi connectivity index (χ4n) is 1.44. The van der Waals surface area contributed by atoms with E-state index in [4.69, 9.17) is 9.47 Å². The first-order valence-electron chi connectivity index (χ1n) is 5.59. The van der Waals surface area contributed by atoms with Crippen LogP contribution in [0.2, 0.25) is 0 Å². The molecule has 0 radical (unpaired) electrons. The zero-order valence-electron chi connectivity index (χ0n) is 10.3. The molecule has 0 unspecified atom stereocenters. The van der Waals surface area contributed by atoms with Gasteiger partial charge in [0.2, 0.25) is 6.79 Å². The number of carbonyl (C=O) groups is 1. The molecule has 17 heavy (non-hydrogen) atoms. The summed E-state index contributed by atoms with van der Waals surface area (Å²) in [5.41, 5.74) is 0.596. The predicted octanol–water partition coefficient (Wildman–Crippen LogP) is 3.04. The van der Waals surface area contributed by atoms with Crippen LogP contribution in [0.4, 0.5) is 0 Å². The molecule has 1 aromatic rings. The van der Waals surface area contributed by atoms with E-state index in [9.17, 15) is 4.79 Å². The molecule has 0 fully saturated rings. The smallest absolute Gasteiger partial charge is 0.231 e. The zero-order valence-corrected chi connectivity index (χ0v) is 10.3. The molecule has 0 spiro atoms. The average molecular weight is 232 g/mol. The number of ether oxygens (including phenoxy) is 2. The van der Waals surface area contributed by atoms with Gasteiger partial charge in [0, 0.05) is 5.41 Å². The van der Waals surface area contributed by atoms with Crippen LogP contribution in [-0.2, 0) is 4.79 Å². The Bertz CT molecular complexity index is 467. The van der Waals surface area contributed by atoms with Crippen molar-refractivity contribution < 1.29 is 14.3 Å². The lowest BCUT2D eigenvalue weighted by Gasteiger charge is -2.12. The Morgan fingerprint density at radius 2 is 1.94 bits per heavy atom. The summed E-state index contributed by atoms with van der Waals surface area (Å²) < 4.78 is 10.5. The number of carbonyl (C=O) groups excluding carboxylic acids is 1. The summed E-state index contributed by atoms with van der Waals surface area (Å²) >= 11 is 0. The van der Waals surface area contributed by atoms with Crippen molar-refractivity contribution in [3.05, 3.63) is 29.8 Å². The van der Waals surface area contributed by atoms with Crippen LogP contribution in [0.3, 0.4) is 0 Å². The average Bonchev–Trinajstić information content (AvgIpc) is 2.71. The number of ketones is 1. The Morgan fingerprint density at radius 1 is 1.24 bits per heavy atom. The maximum Gasteiger partial charge on any atom is 0.231 e. The fraction of sp³-hybridized carbons (Fsp3) is 0.357. The number of fused-ring (bicyclic) bond motifs is 1. The molecule has 0 saturated carbocycles. The highest BCUT2D eigenvalue weighted by atomic mass is 16.7. The lowest BCUT2D eigenvalue weighted by molar-refractivity contribution is -0.121. The highest BCUT2D eigenvalue weighted by molar-refractivity contribution is 5.97. The zero-order chi connectivity index (χ0) is 12.5. The molecule has 0 aromatic heterocycles. The van der Waals surface area contributed by atoms with Crippen LogP contribution < -0.4 is 9.47 Å². The molecule has 0 atom stereocenters. The van der Waals surface area contributed by atoms with Crippen LogP contribution in [0.25, 0.3) is 6.08 Å². The van der Waals surface area contributed by atoms with Gasteiger partial charge in [0.05, 0.1) is 0 Å². The van der Waals surface area contributed by atoms with Gasteiger partial charge in [-0.25, -0.2) is 0 Å². The quantitative estimate of drug-likeness (QED) is 0.735. The maximum absolute atomic E-state index is 11.7. The lowest BCUT2D eigenvalue weighted by atomic mass is 9.90. The number of hydrogen-bond acceptors (Lipinski definition) is 3. The molecule has 0 saturated heterocycles. The van der Waals surface area contributed by atoms with Crippen LogP contribution in [0.15, 0.2) is 24.3 Å². The van der Waals surface area contributed by atoms with Crippen LogP contribution in [-0.4, -0.2) is 12.6 Å². The van der Waals surface area contributed by atoms with Crippen molar-refractivity contribution in [3.63, 3.8) is 0 Å². The van der Waals surface area contributed by atoms with Crippen molar-refractivity contribution in [1.29, 1.82) is 0 Å². The number of rotatable bonds is 2. The van der Waals surface area contributed by atoms with Crippen LogP contribution >= 0.6 is 0 Å². The minimum absolute atomic E-state index is 0.107. The summed E-state index contributed by atoms with van der Waals surface area (Å²) in [4.78, 5) is 11.7. The SMILES string of the molecule is CC(C)(C)C(=O)/C=C/c1ccc2c(c1)OCO2. The third-order valence-electron chi connectivity index (χ3n) is 2.56. The van der Waals surface area contributed by atoms with E-state index < -0.39 is 0 Å². The topological polar surface area (TPSA) is 35.5 Å². The Morgan fingerprint density at radius 3 is 2.65 bits per heavy atom. The second-order valence-electron chi connectivity index (χ2n) is 5.06. The molecule has 1 aliphatic heterocycles. The predicted molar refractivity (Wildman–Crippen MR) is 66.1 cm³/mol. The summed E-state index contributed by atoms with van der Waals surface area (Å²) in [7, 11) is 0. The molecular weight excluding hydrogens is 216 g/mol. The van der Waals surface area contributed by atoms with E-state index in [1.165, 1.54) is 0 Å². The molecule has 0 bridgehead atoms. The molecule has 2 rings (SSSR count). The Kier molecular flexibility index (Phi) is 2.92. The van der Waals surface area contributed by atoms with Gasteiger partial charge in [-0.15, -0.1) is 0 Å². The second-order valence-corrected chi connectivity index (χ2v) is 5.06. The van der Waals surface area contributed by atoms with Gasteiger partial charge >= 0.3 is 0 Å². The van der Waals surface area contributed by atoms with Crippen molar-refractivity contribution in [2.24, 2.45) is 5.41 Å². The van der Waals surface area contributed by atoms with Gasteiger partial charge in [-0.2, -0.15) is 0 Å². The Balaban J connectivity index is 2.14. The van der Waals surface area contributed by atoms with Crippen LogP contribution in [0.1, 0.15) is 26.3 Å². The molecule has 3 heteroatoms. The molecule has 3 nitrogen and oxygen atoms in total. The minimum Gasteiger partial charge on any atom is -0.454 e. The molecule has 1 aliphatic rings. The van der Waals surface area contributed by atoms with Crippen LogP contribution in [0, 0.1) is 5.41 Å². The first-order valence-corrected chi connectivity index (χ1v) is 5.59. The first kappa shape index (κ1) is 11.7. The third kappa shape index (κ3) is 2.67. The molecule has 0 N–H and O–H groups in total.